The highest BCUT2D eigenvalue weighted by Gasteiger charge is 2.53. The van der Waals surface area contributed by atoms with Crippen LogP contribution in [0.2, 0.25) is 5.02 Å². The minimum absolute atomic E-state index is 0.0390. The molecule has 0 amide bonds. The Morgan fingerprint density at radius 3 is 0.859 bits per heavy atom. The molecular weight excluding hydrogens is 1790 g/mol. The van der Waals surface area contributed by atoms with Crippen molar-refractivity contribution in [3.8, 4) is 0 Å². The van der Waals surface area contributed by atoms with Crippen LogP contribution in [0.15, 0.2) is 201 Å². The molecule has 0 aliphatic carbocycles. The van der Waals surface area contributed by atoms with Gasteiger partial charge in [-0.05, 0) is 195 Å². The van der Waals surface area contributed by atoms with Crippen molar-refractivity contribution in [3.63, 3.8) is 0 Å². The van der Waals surface area contributed by atoms with Gasteiger partial charge in [0.2, 0.25) is 11.9 Å². The van der Waals surface area contributed by atoms with Gasteiger partial charge in [-0.1, -0.05) is 60.1 Å². The lowest BCUT2D eigenvalue weighted by Crippen LogP contribution is -2.34. The number of nitrogens with zero attached hydrogens (tertiary/aromatic N) is 12. The minimum atomic E-state index is -1.45. The molecule has 135 heavy (non-hydrogen) atoms. The molecular formula is C94H95ClF6N14O20. The molecule has 5 aliphatic heterocycles. The summed E-state index contributed by atoms with van der Waals surface area (Å²) in [6.07, 6.45) is -16.7. The quantitative estimate of drug-likeness (QED) is 0.0429. The van der Waals surface area contributed by atoms with Gasteiger partial charge in [-0.15, -0.1) is 0 Å². The number of hydrogen-bond acceptors (Lipinski definition) is 29. The molecule has 34 nitrogen and oxygen atoms in total. The van der Waals surface area contributed by atoms with Crippen molar-refractivity contribution in [3.05, 3.63) is 303 Å². The molecule has 0 spiro atoms. The van der Waals surface area contributed by atoms with Gasteiger partial charge in [0.1, 0.15) is 174 Å². The highest BCUT2D eigenvalue weighted by molar-refractivity contribution is 6.30. The number of nitrogen functional groups attached to an aromatic ring is 2. The lowest BCUT2D eigenvalue weighted by molar-refractivity contribution is -0.0849. The normalized spacial score (nSPS) is 26.6. The summed E-state index contributed by atoms with van der Waals surface area (Å²) in [7, 11) is 0. The zero-order valence-electron chi connectivity index (χ0n) is 72.4. The Hall–Kier alpha value is -11.9. The second kappa shape index (κ2) is 39.4. The fourth-order valence-corrected chi connectivity index (χ4v) is 17.6. The van der Waals surface area contributed by atoms with Gasteiger partial charge in [-0.3, -0.25) is 0 Å². The molecule has 10 aromatic heterocycles. The third kappa shape index (κ3) is 18.8. The van der Waals surface area contributed by atoms with E-state index in [1.807, 2.05) is 57.2 Å². The molecule has 5 fully saturated rings. The number of aromatic nitrogens is 12. The van der Waals surface area contributed by atoms with E-state index in [9.17, 15) is 103 Å². The highest BCUT2D eigenvalue weighted by Crippen LogP contribution is 2.45. The van der Waals surface area contributed by atoms with Crippen LogP contribution in [0.5, 0.6) is 0 Å². The van der Waals surface area contributed by atoms with Gasteiger partial charge in [0, 0.05) is 76.5 Å². The number of aliphatic hydroxyl groups is 15. The Bertz CT molecular complexity index is 6250. The SMILES string of the molecule is Cc1cc([C@@H](O)[C@H]2O[C@@H](n3ccc4c(C)ccnc43)[C@H](O)[C@@H]2O)ccc1F.Cc1ccnc2c1ccn2[C@@H]1O[C@H]([C@H](O)c2ccc(F)c(Cl)c2)[C@@H](O)[C@H]1O.Cc1ccnc2c1ccn2[C@@H]1O[C@H]([C@H](O)c2ccc(F)c(F)c2)[C@@H](O)[C@H]1O.Cc1nc(N)nc2c1ccn2[C@@H]1O[C@H]([C@@H](O)c2ccc(F)cc2)[C@@H](O)[C@H]1O.Cc1nc(N)nc2c1ccn2[C@@H]1O[C@H]([C@H](O)c2ccc(F)cc2)[C@@H](O)[C@H]1O. The third-order valence-electron chi connectivity index (χ3n) is 24.9. The van der Waals surface area contributed by atoms with E-state index in [0.29, 0.717) is 61.9 Å². The first kappa shape index (κ1) is 96.2. The van der Waals surface area contributed by atoms with Gasteiger partial charge >= 0.3 is 0 Å². The molecule has 19 N–H and O–H groups in total. The van der Waals surface area contributed by atoms with Crippen LogP contribution in [0.4, 0.5) is 38.2 Å². The van der Waals surface area contributed by atoms with E-state index in [1.54, 1.807) is 105 Å². The predicted octanol–water partition coefficient (Wildman–Crippen LogP) is 8.24. The maximum Gasteiger partial charge on any atom is 0.222 e. The summed E-state index contributed by atoms with van der Waals surface area (Å²) in [5, 5.41) is 161. The smallest absolute Gasteiger partial charge is 0.222 e. The summed E-state index contributed by atoms with van der Waals surface area (Å²) in [5.41, 5.74) is 20.4. The molecule has 5 aliphatic rings. The average molecular weight is 1890 g/mol. The molecule has 25 atom stereocenters. The number of anilines is 2. The van der Waals surface area contributed by atoms with Crippen molar-refractivity contribution >= 4 is 78.7 Å². The number of nitrogens with two attached hydrogens (primary N) is 2. The number of fused-ring (bicyclic) bond motifs is 5. The van der Waals surface area contributed by atoms with Crippen LogP contribution in [0.25, 0.3) is 55.2 Å². The molecule has 0 radical (unpaired) electrons. The van der Waals surface area contributed by atoms with Crippen LogP contribution in [-0.2, 0) is 23.7 Å². The lowest BCUT2D eigenvalue weighted by atomic mass is 9.98. The van der Waals surface area contributed by atoms with Gasteiger partial charge in [0.25, 0.3) is 0 Å². The Morgan fingerprint density at radius 2 is 0.556 bits per heavy atom. The van der Waals surface area contributed by atoms with Crippen molar-refractivity contribution in [2.24, 2.45) is 0 Å². The molecule has 41 heteroatoms. The van der Waals surface area contributed by atoms with Gasteiger partial charge in [0.05, 0.1) is 16.4 Å². The number of hydrogen-bond donors (Lipinski definition) is 17. The first-order chi connectivity index (χ1) is 64.4. The standard InChI is InChI=1S/C20H21FN2O4.C19H18ClFN2O4.C19H18F2N2O4.2C18H19FN4O4/c1-10-5-7-22-19-13(10)6-8-23(19)20-17(26)16(25)18(27-20)15(24)12-3-4-14(21)11(2)9-12;1-9-4-6-22-18-11(9)5-7-23(18)19-16(26)15(25)17(27-19)14(24)10-2-3-13(21)12(20)8-10;1-9-4-6-22-18-11(9)5-7-23(18)19-16(26)15(25)17(27-19)14(24)10-2-3-12(20)13(21)8-10;2*1-8-11-6-7-23(16(11)22-18(20)21-8)17-14(26)13(25)15(27-17)12(24)9-2-4-10(19)5-3-9/h3-9,15-18,20,24-26H,1-2H3;2*2-8,14-17,19,24-26H,1H3;2*2-7,12-15,17,24-26H,1H3,(H2,20,21,22)/t15-,16+,17-,18-,20-;2*14-,15+,16-,17-,19-;12-,13+,14-,15-,17-;12-,13-,14+,15+,17+/m11110/s1. The second-order valence-electron chi connectivity index (χ2n) is 33.6. The summed E-state index contributed by atoms with van der Waals surface area (Å²) in [6.45, 7) is 11.0. The van der Waals surface area contributed by atoms with Crippen molar-refractivity contribution in [2.45, 2.75) is 195 Å². The van der Waals surface area contributed by atoms with E-state index >= 15 is 0 Å². The molecule has 5 saturated heterocycles. The molecule has 15 aromatic rings. The van der Waals surface area contributed by atoms with E-state index in [0.717, 1.165) is 61.8 Å². The summed E-state index contributed by atoms with van der Waals surface area (Å²) < 4.78 is 117. The first-order valence-corrected chi connectivity index (χ1v) is 42.9. The number of benzene rings is 5. The number of halogens is 7. The molecule has 0 bridgehead atoms. The monoisotopic (exact) mass is 1890 g/mol. The minimum Gasteiger partial charge on any atom is -0.387 e. The highest BCUT2D eigenvalue weighted by atomic mass is 35.5. The number of ether oxygens (including phenoxy) is 5. The van der Waals surface area contributed by atoms with Crippen LogP contribution in [0, 0.1) is 76.4 Å². The van der Waals surface area contributed by atoms with Crippen molar-refractivity contribution in [1.29, 1.82) is 0 Å². The van der Waals surface area contributed by atoms with Gasteiger partial charge in [-0.25, -0.2) is 51.3 Å². The maximum absolute atomic E-state index is 13.5. The van der Waals surface area contributed by atoms with Crippen molar-refractivity contribution < 1.29 is 127 Å². The zero-order chi connectivity index (χ0) is 96.5. The molecule has 15 heterocycles. The average Bonchev–Trinajstić information content (AvgIpc) is 1.63. The summed E-state index contributed by atoms with van der Waals surface area (Å²) in [5.74, 6) is -3.88. The van der Waals surface area contributed by atoms with E-state index in [1.165, 1.54) is 84.9 Å². The summed E-state index contributed by atoms with van der Waals surface area (Å²) in [4.78, 5) is 29.5. The zero-order valence-corrected chi connectivity index (χ0v) is 73.2. The second-order valence-corrected chi connectivity index (χ2v) is 34.0. The van der Waals surface area contributed by atoms with Crippen LogP contribution in [0.1, 0.15) is 123 Å². The fourth-order valence-electron chi connectivity index (χ4n) is 17.4. The number of pyridine rings is 3. The largest absolute Gasteiger partial charge is 0.387 e. The topological polar surface area (TPSA) is 517 Å². The number of aryl methyl sites for hydroxylation is 6. The van der Waals surface area contributed by atoms with Gasteiger partial charge in [0.15, 0.2) is 42.8 Å². The Labute approximate surface area is 768 Å². The van der Waals surface area contributed by atoms with Crippen LogP contribution < -0.4 is 11.5 Å². The number of rotatable bonds is 15. The fraction of sp³-hybridized carbons (Fsp3) is 0.330. The molecule has 5 aromatic carbocycles. The molecule has 0 unspecified atom stereocenters. The summed E-state index contributed by atoms with van der Waals surface area (Å²) >= 11 is 5.77. The van der Waals surface area contributed by atoms with E-state index in [4.69, 9.17) is 46.8 Å². The Kier molecular flexibility index (Phi) is 28.1. The van der Waals surface area contributed by atoms with Gasteiger partial charge in [-0.2, -0.15) is 9.97 Å². The summed E-state index contributed by atoms with van der Waals surface area (Å²) in [6, 6.07) is 36.0. The first-order valence-electron chi connectivity index (χ1n) is 42.5. The van der Waals surface area contributed by atoms with E-state index in [-0.39, 0.29) is 33.9 Å². The number of aliphatic hydroxyl groups excluding tert-OH is 15. The van der Waals surface area contributed by atoms with Crippen molar-refractivity contribution in [2.75, 3.05) is 11.5 Å². The lowest BCUT2D eigenvalue weighted by Gasteiger charge is -2.22. The predicted molar refractivity (Wildman–Crippen MR) is 473 cm³/mol. The van der Waals surface area contributed by atoms with E-state index < -0.39 is 182 Å². The molecule has 0 saturated carbocycles. The maximum atomic E-state index is 13.5. The Morgan fingerprint density at radius 1 is 0.289 bits per heavy atom. The molecule has 710 valence electrons. The Balaban J connectivity index is 0.000000123. The van der Waals surface area contributed by atoms with Crippen LogP contribution in [-0.4, -0.2) is 226 Å². The van der Waals surface area contributed by atoms with Gasteiger partial charge < -0.3 is 135 Å². The van der Waals surface area contributed by atoms with Crippen LogP contribution >= 0.6 is 11.6 Å². The third-order valence-corrected chi connectivity index (χ3v) is 25.2. The van der Waals surface area contributed by atoms with E-state index in [2.05, 4.69) is 34.9 Å². The van der Waals surface area contributed by atoms with Crippen LogP contribution in [0.3, 0.4) is 0 Å². The van der Waals surface area contributed by atoms with Crippen molar-refractivity contribution in [1.82, 2.24) is 57.7 Å². The molecule has 20 rings (SSSR count).